The Labute approximate surface area is 70.9 Å². The van der Waals surface area contributed by atoms with Gasteiger partial charge in [-0.2, -0.15) is 0 Å². The molecule has 12 heavy (non-hydrogen) atoms. The minimum absolute atomic E-state index is 0.326. The summed E-state index contributed by atoms with van der Waals surface area (Å²) in [5, 5.41) is 9.55. The van der Waals surface area contributed by atoms with Gasteiger partial charge >= 0.3 is 0 Å². The van der Waals surface area contributed by atoms with Crippen molar-refractivity contribution < 1.29 is 9.18 Å². The summed E-state index contributed by atoms with van der Waals surface area (Å²) in [6.45, 7) is -0.474. The number of alkyl halides is 1. The lowest BCUT2D eigenvalue weighted by Gasteiger charge is -2.20. The van der Waals surface area contributed by atoms with Crippen LogP contribution in [-0.4, -0.2) is 31.8 Å². The van der Waals surface area contributed by atoms with Gasteiger partial charge in [0.15, 0.2) is 5.78 Å². The largest absolute Gasteiger partial charge is 0.310 e. The van der Waals surface area contributed by atoms with E-state index in [0.717, 1.165) is 19.1 Å². The van der Waals surface area contributed by atoms with Crippen molar-refractivity contribution in [1.29, 1.82) is 5.41 Å². The lowest BCUT2D eigenvalue weighted by molar-refractivity contribution is -0.116. The summed E-state index contributed by atoms with van der Waals surface area (Å²) in [6, 6.07) is -0.500. The van der Waals surface area contributed by atoms with E-state index in [2.05, 4.69) is 5.32 Å². The van der Waals surface area contributed by atoms with E-state index in [9.17, 15) is 9.18 Å². The first kappa shape index (κ1) is 9.32. The molecule has 0 aromatic heterocycles. The summed E-state index contributed by atoms with van der Waals surface area (Å²) in [7, 11) is 1.63. The second kappa shape index (κ2) is 3.31. The van der Waals surface area contributed by atoms with E-state index < -0.39 is 18.1 Å². The van der Waals surface area contributed by atoms with E-state index in [1.54, 1.807) is 7.05 Å². The van der Waals surface area contributed by atoms with Gasteiger partial charge in [-0.3, -0.25) is 9.18 Å². The highest BCUT2D eigenvalue weighted by Gasteiger charge is 2.51. The molecule has 0 amide bonds. The molecule has 1 saturated carbocycles. The summed E-state index contributed by atoms with van der Waals surface area (Å²) in [6.07, 6.45) is 2.25. The van der Waals surface area contributed by atoms with Crippen LogP contribution in [0.2, 0.25) is 0 Å². The molecule has 0 radical (unpaired) electrons. The monoisotopic (exact) mass is 172 g/mol. The van der Waals surface area contributed by atoms with Crippen molar-refractivity contribution in [2.75, 3.05) is 13.7 Å². The number of hydrogen-bond acceptors (Lipinski definition) is 3. The average molecular weight is 172 g/mol. The molecule has 3 nitrogen and oxygen atoms in total. The van der Waals surface area contributed by atoms with Crippen LogP contribution in [-0.2, 0) is 4.79 Å². The number of likely N-dealkylation sites (N-methyl/N-ethyl adjacent to an activating group) is 1. The maximum Gasteiger partial charge on any atom is 0.190 e. The van der Waals surface area contributed by atoms with Gasteiger partial charge in [-0.05, 0) is 19.9 Å². The van der Waals surface area contributed by atoms with Crippen LogP contribution >= 0.6 is 0 Å². The standard InChI is InChI=1S/C8H13FN2O/c1-11-7(6(12)4-10)8(5-9)2-3-8/h4,7,10-11H,2-3,5H2,1H3/t7-/m0/s1. The zero-order chi connectivity index (χ0) is 9.19. The lowest BCUT2D eigenvalue weighted by Crippen LogP contribution is -2.43. The van der Waals surface area contributed by atoms with E-state index in [1.807, 2.05) is 0 Å². The van der Waals surface area contributed by atoms with Gasteiger partial charge in [-0.1, -0.05) is 0 Å². The summed E-state index contributed by atoms with van der Waals surface area (Å²) >= 11 is 0. The molecule has 0 spiro atoms. The third-order valence-electron chi connectivity index (χ3n) is 2.49. The molecule has 2 N–H and O–H groups in total. The summed E-state index contributed by atoms with van der Waals surface area (Å²) in [5.74, 6) is -0.326. The Bertz CT molecular complexity index is 201. The van der Waals surface area contributed by atoms with E-state index in [1.165, 1.54) is 0 Å². The Hall–Kier alpha value is -0.770. The van der Waals surface area contributed by atoms with Crippen LogP contribution in [0.3, 0.4) is 0 Å². The smallest absolute Gasteiger partial charge is 0.190 e. The molecule has 1 fully saturated rings. The van der Waals surface area contributed by atoms with Gasteiger partial charge in [0.2, 0.25) is 0 Å². The Kier molecular flexibility index (Phi) is 2.57. The van der Waals surface area contributed by atoms with Crippen molar-refractivity contribution in [1.82, 2.24) is 5.32 Å². The van der Waals surface area contributed by atoms with Crippen LogP contribution in [0.25, 0.3) is 0 Å². The summed E-state index contributed by atoms with van der Waals surface area (Å²) in [5.41, 5.74) is -0.497. The molecule has 0 unspecified atom stereocenters. The van der Waals surface area contributed by atoms with Crippen LogP contribution in [0.15, 0.2) is 0 Å². The Morgan fingerprint density at radius 2 is 2.42 bits per heavy atom. The predicted molar refractivity (Wildman–Crippen MR) is 44.3 cm³/mol. The van der Waals surface area contributed by atoms with E-state index in [-0.39, 0.29) is 5.78 Å². The van der Waals surface area contributed by atoms with E-state index in [0.29, 0.717) is 0 Å². The van der Waals surface area contributed by atoms with Crippen LogP contribution in [0.5, 0.6) is 0 Å². The van der Waals surface area contributed by atoms with Crippen molar-refractivity contribution in [3.05, 3.63) is 0 Å². The molecule has 0 aliphatic heterocycles. The normalized spacial score (nSPS) is 21.5. The fourth-order valence-electron chi connectivity index (χ4n) is 1.49. The van der Waals surface area contributed by atoms with E-state index >= 15 is 0 Å². The minimum atomic E-state index is -0.500. The highest BCUT2D eigenvalue weighted by atomic mass is 19.1. The van der Waals surface area contributed by atoms with Crippen LogP contribution in [0.4, 0.5) is 4.39 Å². The molecular formula is C8H13FN2O. The Morgan fingerprint density at radius 1 is 1.83 bits per heavy atom. The molecular weight excluding hydrogens is 159 g/mol. The molecule has 0 aromatic rings. The Balaban J connectivity index is 2.68. The second-order valence-corrected chi connectivity index (χ2v) is 3.26. The zero-order valence-electron chi connectivity index (χ0n) is 7.06. The molecule has 1 aliphatic carbocycles. The van der Waals surface area contributed by atoms with Crippen molar-refractivity contribution in [3.8, 4) is 0 Å². The van der Waals surface area contributed by atoms with Gasteiger partial charge in [-0.25, -0.2) is 0 Å². The van der Waals surface area contributed by atoms with Crippen molar-refractivity contribution in [3.63, 3.8) is 0 Å². The van der Waals surface area contributed by atoms with Gasteiger partial charge in [0.25, 0.3) is 0 Å². The molecule has 1 aliphatic rings. The Morgan fingerprint density at radius 3 is 2.67 bits per heavy atom. The van der Waals surface area contributed by atoms with Crippen molar-refractivity contribution in [2.24, 2.45) is 5.41 Å². The second-order valence-electron chi connectivity index (χ2n) is 3.26. The van der Waals surface area contributed by atoms with Gasteiger partial charge in [0, 0.05) is 5.41 Å². The molecule has 0 bridgehead atoms. The van der Waals surface area contributed by atoms with Gasteiger partial charge < -0.3 is 10.7 Å². The van der Waals surface area contributed by atoms with Crippen molar-refractivity contribution >= 4 is 12.0 Å². The number of carbonyl (C=O) groups excluding carboxylic acids is 1. The number of ketones is 1. The van der Waals surface area contributed by atoms with Gasteiger partial charge in [0.05, 0.1) is 18.9 Å². The first-order valence-electron chi connectivity index (χ1n) is 3.98. The predicted octanol–water partition coefficient (Wildman–Crippen LogP) is 0.543. The molecule has 1 rings (SSSR count). The fraction of sp³-hybridized carbons (Fsp3) is 0.750. The van der Waals surface area contributed by atoms with Crippen LogP contribution in [0.1, 0.15) is 12.8 Å². The highest BCUT2D eigenvalue weighted by molar-refractivity contribution is 6.29. The van der Waals surface area contributed by atoms with Crippen LogP contribution < -0.4 is 5.32 Å². The molecule has 0 saturated heterocycles. The maximum absolute atomic E-state index is 12.5. The topological polar surface area (TPSA) is 53.0 Å². The molecule has 0 aromatic carbocycles. The van der Waals surface area contributed by atoms with Crippen LogP contribution in [0, 0.1) is 10.8 Å². The number of hydrogen-bond donors (Lipinski definition) is 2. The number of rotatable bonds is 5. The molecule has 4 heteroatoms. The minimum Gasteiger partial charge on any atom is -0.310 e. The maximum atomic E-state index is 12.5. The summed E-state index contributed by atoms with van der Waals surface area (Å²) in [4.78, 5) is 11.1. The first-order valence-corrected chi connectivity index (χ1v) is 3.98. The van der Waals surface area contributed by atoms with Gasteiger partial charge in [0.1, 0.15) is 0 Å². The third kappa shape index (κ3) is 1.39. The fourth-order valence-corrected chi connectivity index (χ4v) is 1.49. The SMILES string of the molecule is CN[C@@H](C(=O)C=N)C1(CF)CC1. The highest BCUT2D eigenvalue weighted by Crippen LogP contribution is 2.49. The number of carbonyl (C=O) groups is 1. The molecule has 68 valence electrons. The number of Topliss-reactive ketones (excluding diaryl/α,β-unsaturated/α-hetero) is 1. The lowest BCUT2D eigenvalue weighted by atomic mass is 9.95. The van der Waals surface area contributed by atoms with Crippen molar-refractivity contribution in [2.45, 2.75) is 18.9 Å². The number of halogens is 1. The first-order chi connectivity index (χ1) is 5.70. The van der Waals surface area contributed by atoms with Gasteiger partial charge in [-0.15, -0.1) is 0 Å². The summed E-state index contributed by atoms with van der Waals surface area (Å²) < 4.78 is 12.5. The number of nitrogens with one attached hydrogen (secondary N) is 2. The third-order valence-corrected chi connectivity index (χ3v) is 2.49. The molecule has 1 atom stereocenters. The average Bonchev–Trinajstić information content (AvgIpc) is 2.87. The quantitative estimate of drug-likeness (QED) is 0.595. The molecule has 0 heterocycles. The van der Waals surface area contributed by atoms with E-state index in [4.69, 9.17) is 5.41 Å². The zero-order valence-corrected chi connectivity index (χ0v) is 7.06.